The summed E-state index contributed by atoms with van der Waals surface area (Å²) in [7, 11) is 1.58. The number of aromatic amines is 1. The maximum absolute atomic E-state index is 12.8. The summed E-state index contributed by atoms with van der Waals surface area (Å²) in [5.41, 5.74) is 3.15. The number of hydrogen-bond donors (Lipinski definition) is 2. The number of hydrogen-bond acceptors (Lipinski definition) is 5. The Morgan fingerprint density at radius 2 is 2.00 bits per heavy atom. The predicted octanol–water partition coefficient (Wildman–Crippen LogP) is 3.15. The minimum absolute atomic E-state index is 0.0303. The highest BCUT2D eigenvalue weighted by Gasteiger charge is 2.22. The number of nitrogens with one attached hydrogen (secondary N) is 2. The third-order valence-electron chi connectivity index (χ3n) is 5.29. The monoisotopic (exact) mass is 431 g/mol. The molecule has 164 valence electrons. The van der Waals surface area contributed by atoms with Crippen LogP contribution in [-0.4, -0.2) is 32.6 Å². The minimum atomic E-state index is -0.411. The van der Waals surface area contributed by atoms with Crippen molar-refractivity contribution in [3.05, 3.63) is 82.5 Å². The van der Waals surface area contributed by atoms with E-state index in [1.54, 1.807) is 25.6 Å². The summed E-state index contributed by atoms with van der Waals surface area (Å²) >= 11 is 0. The van der Waals surface area contributed by atoms with E-state index in [0.29, 0.717) is 17.1 Å². The summed E-state index contributed by atoms with van der Waals surface area (Å²) < 4.78 is 6.73. The zero-order valence-corrected chi connectivity index (χ0v) is 18.2. The Kier molecular flexibility index (Phi) is 6.02. The number of ether oxygens (including phenoxy) is 1. The number of amides is 1. The zero-order chi connectivity index (χ0) is 22.7. The molecule has 8 nitrogen and oxygen atoms in total. The van der Waals surface area contributed by atoms with E-state index >= 15 is 0 Å². The van der Waals surface area contributed by atoms with Crippen molar-refractivity contribution >= 4 is 11.6 Å². The fourth-order valence-electron chi connectivity index (χ4n) is 3.67. The van der Waals surface area contributed by atoms with E-state index in [9.17, 15) is 9.59 Å². The number of nitrogens with zero attached hydrogens (tertiary/aromatic N) is 3. The molecule has 0 aliphatic rings. The first kappa shape index (κ1) is 21.3. The highest BCUT2D eigenvalue weighted by Crippen LogP contribution is 2.23. The SMILES string of the molecule is COc1ccccc1CC(=O)NC(c1cc(=O)n2[nH]c(-c3cccnc3)cc2n1)C(C)C. The van der Waals surface area contributed by atoms with E-state index in [2.05, 4.69) is 20.4 Å². The van der Waals surface area contributed by atoms with Gasteiger partial charge in [-0.2, -0.15) is 0 Å². The molecule has 1 amide bonds. The fraction of sp³-hybridized carbons (Fsp3) is 0.250. The third-order valence-corrected chi connectivity index (χ3v) is 5.29. The molecule has 1 aromatic carbocycles. The summed E-state index contributed by atoms with van der Waals surface area (Å²) in [4.78, 5) is 34.4. The third kappa shape index (κ3) is 4.39. The fourth-order valence-corrected chi connectivity index (χ4v) is 3.67. The summed E-state index contributed by atoms with van der Waals surface area (Å²) in [5.74, 6) is 0.528. The van der Waals surface area contributed by atoms with Gasteiger partial charge in [0, 0.05) is 35.7 Å². The molecule has 4 aromatic rings. The summed E-state index contributed by atoms with van der Waals surface area (Å²) in [6.45, 7) is 3.96. The number of carbonyl (C=O) groups is 1. The second kappa shape index (κ2) is 9.05. The van der Waals surface area contributed by atoms with Crippen LogP contribution in [-0.2, 0) is 11.2 Å². The van der Waals surface area contributed by atoms with Crippen molar-refractivity contribution in [3.8, 4) is 17.0 Å². The van der Waals surface area contributed by atoms with Crippen molar-refractivity contribution in [2.24, 2.45) is 5.92 Å². The maximum atomic E-state index is 12.8. The molecular weight excluding hydrogens is 406 g/mol. The molecule has 4 rings (SSSR count). The number of aromatic nitrogens is 4. The molecule has 0 aliphatic heterocycles. The molecule has 0 radical (unpaired) electrons. The Labute approximate surface area is 185 Å². The normalized spacial score (nSPS) is 12.1. The molecule has 32 heavy (non-hydrogen) atoms. The lowest BCUT2D eigenvalue weighted by Crippen LogP contribution is -2.34. The largest absolute Gasteiger partial charge is 0.496 e. The first-order valence-electron chi connectivity index (χ1n) is 10.4. The van der Waals surface area contributed by atoms with E-state index < -0.39 is 6.04 Å². The second-order valence-electron chi connectivity index (χ2n) is 7.90. The number of benzene rings is 1. The molecule has 0 spiro atoms. The number of pyridine rings is 1. The van der Waals surface area contributed by atoms with E-state index in [1.165, 1.54) is 10.6 Å². The van der Waals surface area contributed by atoms with Gasteiger partial charge in [-0.1, -0.05) is 32.0 Å². The first-order valence-corrected chi connectivity index (χ1v) is 10.4. The van der Waals surface area contributed by atoms with Gasteiger partial charge in [-0.25, -0.2) is 9.50 Å². The van der Waals surface area contributed by atoms with Crippen molar-refractivity contribution < 1.29 is 9.53 Å². The summed E-state index contributed by atoms with van der Waals surface area (Å²) in [5, 5.41) is 6.10. The average molecular weight is 431 g/mol. The summed E-state index contributed by atoms with van der Waals surface area (Å²) in [6.07, 6.45) is 3.57. The molecule has 0 aliphatic carbocycles. The van der Waals surface area contributed by atoms with Crippen LogP contribution in [0.25, 0.3) is 16.9 Å². The highest BCUT2D eigenvalue weighted by atomic mass is 16.5. The number of H-pyrrole nitrogens is 1. The van der Waals surface area contributed by atoms with Crippen LogP contribution in [0.5, 0.6) is 5.75 Å². The predicted molar refractivity (Wildman–Crippen MR) is 121 cm³/mol. The lowest BCUT2D eigenvalue weighted by molar-refractivity contribution is -0.121. The van der Waals surface area contributed by atoms with Crippen LogP contribution in [0.15, 0.2) is 65.7 Å². The van der Waals surface area contributed by atoms with Crippen LogP contribution in [0.4, 0.5) is 0 Å². The van der Waals surface area contributed by atoms with Crippen molar-refractivity contribution in [2.75, 3.05) is 7.11 Å². The van der Waals surface area contributed by atoms with E-state index in [-0.39, 0.29) is 23.8 Å². The molecule has 0 saturated heterocycles. The molecule has 1 atom stereocenters. The van der Waals surface area contributed by atoms with Crippen molar-refractivity contribution in [3.63, 3.8) is 0 Å². The standard InChI is InChI=1S/C24H25N5O3/c1-15(2)24(27-22(30)11-16-7-4-5-9-20(16)32-3)19-13-23(31)29-21(26-19)12-18(28-29)17-8-6-10-25-14-17/h4-10,12-15,24,28H,11H2,1-3H3,(H,27,30). The molecule has 0 bridgehead atoms. The van der Waals surface area contributed by atoms with Gasteiger partial charge >= 0.3 is 0 Å². The van der Waals surface area contributed by atoms with Crippen LogP contribution < -0.4 is 15.6 Å². The molecule has 0 fully saturated rings. The second-order valence-corrected chi connectivity index (χ2v) is 7.90. The Hall–Kier alpha value is -3.94. The van der Waals surface area contributed by atoms with E-state index in [1.807, 2.05) is 50.2 Å². The Morgan fingerprint density at radius 1 is 1.19 bits per heavy atom. The Morgan fingerprint density at radius 3 is 2.72 bits per heavy atom. The van der Waals surface area contributed by atoms with Gasteiger partial charge in [-0.3, -0.25) is 19.7 Å². The van der Waals surface area contributed by atoms with Crippen molar-refractivity contribution in [2.45, 2.75) is 26.3 Å². The minimum Gasteiger partial charge on any atom is -0.496 e. The van der Waals surface area contributed by atoms with Gasteiger partial charge in [0.25, 0.3) is 5.56 Å². The number of carbonyl (C=O) groups excluding carboxylic acids is 1. The van der Waals surface area contributed by atoms with Crippen molar-refractivity contribution in [1.82, 2.24) is 24.9 Å². The average Bonchev–Trinajstić information content (AvgIpc) is 3.23. The van der Waals surface area contributed by atoms with Gasteiger partial charge in [-0.05, 0) is 24.1 Å². The van der Waals surface area contributed by atoms with E-state index in [4.69, 9.17) is 4.74 Å². The molecule has 2 N–H and O–H groups in total. The quantitative estimate of drug-likeness (QED) is 0.468. The first-order chi connectivity index (χ1) is 15.5. The number of para-hydroxylation sites is 1. The van der Waals surface area contributed by atoms with E-state index in [0.717, 1.165) is 16.8 Å². The number of rotatable bonds is 7. The van der Waals surface area contributed by atoms with Gasteiger partial charge in [0.05, 0.1) is 31.0 Å². The topological polar surface area (TPSA) is 101 Å². The lowest BCUT2D eigenvalue weighted by Gasteiger charge is -2.22. The van der Waals surface area contributed by atoms with Crippen LogP contribution in [0.1, 0.15) is 31.1 Å². The number of fused-ring (bicyclic) bond motifs is 1. The molecule has 3 aromatic heterocycles. The van der Waals surface area contributed by atoms with Gasteiger partial charge in [0.15, 0.2) is 5.65 Å². The molecule has 0 saturated carbocycles. The van der Waals surface area contributed by atoms with Gasteiger partial charge < -0.3 is 10.1 Å². The van der Waals surface area contributed by atoms with Crippen LogP contribution in [0, 0.1) is 5.92 Å². The van der Waals surface area contributed by atoms with Crippen LogP contribution in [0.3, 0.4) is 0 Å². The van der Waals surface area contributed by atoms with Crippen molar-refractivity contribution in [1.29, 1.82) is 0 Å². The molecule has 1 unspecified atom stereocenters. The van der Waals surface area contributed by atoms with Crippen LogP contribution in [0.2, 0.25) is 0 Å². The maximum Gasteiger partial charge on any atom is 0.272 e. The highest BCUT2D eigenvalue weighted by molar-refractivity contribution is 5.79. The Bertz CT molecular complexity index is 1290. The lowest BCUT2D eigenvalue weighted by atomic mass is 10.00. The summed E-state index contributed by atoms with van der Waals surface area (Å²) in [6, 6.07) is 14.0. The van der Waals surface area contributed by atoms with Gasteiger partial charge in [0.2, 0.25) is 5.91 Å². The molecular formula is C24H25N5O3. The Balaban J connectivity index is 1.62. The smallest absolute Gasteiger partial charge is 0.272 e. The zero-order valence-electron chi connectivity index (χ0n) is 18.2. The van der Waals surface area contributed by atoms with Crippen LogP contribution >= 0.6 is 0 Å². The van der Waals surface area contributed by atoms with Gasteiger partial charge in [0.1, 0.15) is 5.75 Å². The number of methoxy groups -OCH3 is 1. The molecule has 3 heterocycles. The van der Waals surface area contributed by atoms with Gasteiger partial charge in [-0.15, -0.1) is 0 Å². The molecule has 8 heteroatoms.